The third-order valence-corrected chi connectivity index (χ3v) is 6.14. The average molecular weight is 469 g/mol. The zero-order valence-corrected chi connectivity index (χ0v) is 22.2. The molecule has 1 unspecified atom stereocenters. The van der Waals surface area contributed by atoms with E-state index in [0.717, 1.165) is 0 Å². The number of carbonyl (C=O) groups excluding carboxylic acids is 4. The highest BCUT2D eigenvalue weighted by molar-refractivity contribution is 6.04. The van der Waals surface area contributed by atoms with Gasteiger partial charge in [-0.05, 0) is 54.9 Å². The zero-order valence-electron chi connectivity index (χ0n) is 22.2. The number of carbonyl (C=O) groups is 4. The topological polar surface area (TPSA) is 102 Å². The first-order chi connectivity index (χ1) is 14.8. The van der Waals surface area contributed by atoms with Gasteiger partial charge in [-0.1, -0.05) is 20.8 Å². The first kappa shape index (κ1) is 29.2. The van der Waals surface area contributed by atoms with Crippen LogP contribution in [0.4, 0.5) is 0 Å². The SMILES string of the molecule is CC(=O)C(C)(C)COCCC(C)(C)OCC(C)(C)NC(=O)CC(C)(C)N1C(=O)CC(C)C1=O. The lowest BCUT2D eigenvalue weighted by Gasteiger charge is -2.36. The van der Waals surface area contributed by atoms with Gasteiger partial charge in [0.2, 0.25) is 17.7 Å². The number of nitrogens with zero attached hydrogens (tertiary/aromatic N) is 1. The van der Waals surface area contributed by atoms with Crippen LogP contribution in [0.25, 0.3) is 0 Å². The molecule has 1 aliphatic rings. The van der Waals surface area contributed by atoms with Gasteiger partial charge in [-0.15, -0.1) is 0 Å². The molecule has 0 saturated carbocycles. The number of amides is 3. The number of ether oxygens (including phenoxy) is 2. The van der Waals surface area contributed by atoms with E-state index in [-0.39, 0.29) is 48.9 Å². The molecule has 33 heavy (non-hydrogen) atoms. The lowest BCUT2D eigenvalue weighted by atomic mass is 9.90. The quantitative estimate of drug-likeness (QED) is 0.329. The van der Waals surface area contributed by atoms with E-state index in [1.54, 1.807) is 27.7 Å². The van der Waals surface area contributed by atoms with Crippen LogP contribution in [-0.2, 0) is 28.7 Å². The lowest BCUT2D eigenvalue weighted by molar-refractivity contribution is -0.146. The van der Waals surface area contributed by atoms with Crippen molar-refractivity contribution in [1.82, 2.24) is 10.2 Å². The minimum Gasteiger partial charge on any atom is -0.380 e. The summed E-state index contributed by atoms with van der Waals surface area (Å²) in [5.74, 6) is -0.961. The average Bonchev–Trinajstić information content (AvgIpc) is 2.88. The van der Waals surface area contributed by atoms with Crippen molar-refractivity contribution in [2.24, 2.45) is 11.3 Å². The fourth-order valence-electron chi connectivity index (χ4n) is 3.54. The van der Waals surface area contributed by atoms with Gasteiger partial charge < -0.3 is 14.8 Å². The highest BCUT2D eigenvalue weighted by Crippen LogP contribution is 2.29. The molecule has 1 fully saturated rings. The van der Waals surface area contributed by atoms with Crippen molar-refractivity contribution in [1.29, 1.82) is 0 Å². The third-order valence-electron chi connectivity index (χ3n) is 6.14. The Morgan fingerprint density at radius 1 is 1.03 bits per heavy atom. The van der Waals surface area contributed by atoms with Crippen LogP contribution in [-0.4, -0.2) is 64.9 Å². The van der Waals surface area contributed by atoms with Gasteiger partial charge in [0, 0.05) is 30.8 Å². The molecule has 8 nitrogen and oxygen atoms in total. The molecular formula is C25H44N2O6. The molecule has 0 aromatic heterocycles. The second kappa shape index (κ2) is 10.6. The molecule has 3 amide bonds. The van der Waals surface area contributed by atoms with E-state index in [1.807, 2.05) is 41.5 Å². The van der Waals surface area contributed by atoms with Crippen molar-refractivity contribution in [2.75, 3.05) is 19.8 Å². The summed E-state index contributed by atoms with van der Waals surface area (Å²) in [6, 6.07) is 0. The van der Waals surface area contributed by atoms with E-state index in [4.69, 9.17) is 9.47 Å². The van der Waals surface area contributed by atoms with Crippen LogP contribution in [0, 0.1) is 11.3 Å². The fraction of sp³-hybridized carbons (Fsp3) is 0.840. The number of nitrogens with one attached hydrogen (secondary N) is 1. The first-order valence-corrected chi connectivity index (χ1v) is 11.7. The lowest BCUT2D eigenvalue weighted by Crippen LogP contribution is -2.54. The van der Waals surface area contributed by atoms with Crippen LogP contribution >= 0.6 is 0 Å². The smallest absolute Gasteiger partial charge is 0.233 e. The highest BCUT2D eigenvalue weighted by atomic mass is 16.5. The van der Waals surface area contributed by atoms with E-state index in [1.165, 1.54) is 4.90 Å². The molecule has 1 heterocycles. The monoisotopic (exact) mass is 468 g/mol. The maximum absolute atomic E-state index is 12.7. The molecule has 1 N–H and O–H groups in total. The second-order valence-corrected chi connectivity index (χ2v) is 11.9. The Labute approximate surface area is 199 Å². The van der Waals surface area contributed by atoms with Gasteiger partial charge in [0.15, 0.2) is 0 Å². The molecule has 0 aliphatic carbocycles. The largest absolute Gasteiger partial charge is 0.380 e. The number of Topliss-reactive ketones (excluding diaryl/α,β-unsaturated/α-hetero) is 1. The number of hydrogen-bond acceptors (Lipinski definition) is 6. The summed E-state index contributed by atoms with van der Waals surface area (Å²) < 4.78 is 11.8. The zero-order chi connectivity index (χ0) is 25.8. The summed E-state index contributed by atoms with van der Waals surface area (Å²) in [5, 5.41) is 2.97. The molecule has 0 spiro atoms. The van der Waals surface area contributed by atoms with E-state index in [9.17, 15) is 19.2 Å². The Hall–Kier alpha value is -1.80. The summed E-state index contributed by atoms with van der Waals surface area (Å²) in [5.41, 5.74) is -2.53. The Morgan fingerprint density at radius 2 is 1.61 bits per heavy atom. The minimum absolute atomic E-state index is 0.0177. The van der Waals surface area contributed by atoms with Crippen molar-refractivity contribution in [3.8, 4) is 0 Å². The van der Waals surface area contributed by atoms with Crippen molar-refractivity contribution in [2.45, 2.75) is 105 Å². The van der Waals surface area contributed by atoms with Crippen LogP contribution in [0.5, 0.6) is 0 Å². The number of likely N-dealkylation sites (tertiary alicyclic amines) is 1. The molecule has 0 aromatic carbocycles. The van der Waals surface area contributed by atoms with E-state index >= 15 is 0 Å². The third kappa shape index (κ3) is 8.81. The maximum Gasteiger partial charge on any atom is 0.233 e. The number of imide groups is 1. The molecule has 0 aromatic rings. The molecule has 0 bridgehead atoms. The Morgan fingerprint density at radius 3 is 2.09 bits per heavy atom. The van der Waals surface area contributed by atoms with Gasteiger partial charge in [-0.25, -0.2) is 0 Å². The van der Waals surface area contributed by atoms with Crippen molar-refractivity contribution in [3.05, 3.63) is 0 Å². The van der Waals surface area contributed by atoms with Crippen molar-refractivity contribution >= 4 is 23.5 Å². The van der Waals surface area contributed by atoms with Gasteiger partial charge in [0.05, 0.1) is 29.9 Å². The molecular weight excluding hydrogens is 424 g/mol. The van der Waals surface area contributed by atoms with E-state index in [0.29, 0.717) is 19.6 Å². The van der Waals surface area contributed by atoms with Crippen molar-refractivity contribution in [3.63, 3.8) is 0 Å². The molecule has 0 radical (unpaired) electrons. The molecule has 8 heteroatoms. The predicted molar refractivity (Wildman–Crippen MR) is 126 cm³/mol. The summed E-state index contributed by atoms with van der Waals surface area (Å²) in [4.78, 5) is 50.2. The maximum atomic E-state index is 12.7. The fourth-order valence-corrected chi connectivity index (χ4v) is 3.54. The van der Waals surface area contributed by atoms with Crippen LogP contribution in [0.1, 0.15) is 88.5 Å². The van der Waals surface area contributed by atoms with Gasteiger partial charge in [0.25, 0.3) is 0 Å². The van der Waals surface area contributed by atoms with Crippen LogP contribution < -0.4 is 5.32 Å². The molecule has 1 rings (SSSR count). The Balaban J connectivity index is 2.54. The summed E-state index contributed by atoms with van der Waals surface area (Å²) in [7, 11) is 0. The highest BCUT2D eigenvalue weighted by Gasteiger charge is 2.45. The van der Waals surface area contributed by atoms with Crippen LogP contribution in [0.3, 0.4) is 0 Å². The standard InChI is InChI=1S/C25H44N2O6/c1-17-13-20(30)27(21(17)31)24(7,8)14-19(29)26-23(5,6)16-33-25(9,10)11-12-32-15-22(3,4)18(2)28/h17H,11-16H2,1-10H3,(H,26,29). The van der Waals surface area contributed by atoms with Gasteiger partial charge in [0.1, 0.15) is 5.78 Å². The van der Waals surface area contributed by atoms with E-state index < -0.39 is 22.1 Å². The minimum atomic E-state index is -0.899. The first-order valence-electron chi connectivity index (χ1n) is 11.7. The van der Waals surface area contributed by atoms with Crippen LogP contribution in [0.2, 0.25) is 0 Å². The second-order valence-electron chi connectivity index (χ2n) is 11.9. The number of hydrogen-bond donors (Lipinski definition) is 1. The summed E-state index contributed by atoms with van der Waals surface area (Å²) >= 11 is 0. The summed E-state index contributed by atoms with van der Waals surface area (Å²) in [6.07, 6.45) is 0.841. The number of rotatable bonds is 13. The number of ketones is 1. The Kier molecular flexibility index (Phi) is 9.42. The van der Waals surface area contributed by atoms with Gasteiger partial charge >= 0.3 is 0 Å². The Bertz CT molecular complexity index is 754. The molecule has 1 saturated heterocycles. The van der Waals surface area contributed by atoms with Gasteiger partial charge in [-0.3, -0.25) is 24.1 Å². The normalized spacial score (nSPS) is 18.1. The molecule has 1 atom stereocenters. The summed E-state index contributed by atoms with van der Waals surface area (Å²) in [6.45, 7) is 19.2. The van der Waals surface area contributed by atoms with Crippen molar-refractivity contribution < 1.29 is 28.7 Å². The molecule has 1 aliphatic heterocycles. The van der Waals surface area contributed by atoms with E-state index in [2.05, 4.69) is 5.32 Å². The van der Waals surface area contributed by atoms with Crippen LogP contribution in [0.15, 0.2) is 0 Å². The predicted octanol–water partition coefficient (Wildman–Crippen LogP) is 3.26. The molecule has 190 valence electrons. The van der Waals surface area contributed by atoms with Gasteiger partial charge in [-0.2, -0.15) is 0 Å².